The van der Waals surface area contributed by atoms with E-state index in [1.54, 1.807) is 6.07 Å². The van der Waals surface area contributed by atoms with Crippen molar-refractivity contribution in [1.29, 1.82) is 5.26 Å². The van der Waals surface area contributed by atoms with E-state index < -0.39 is 46.0 Å². The fraction of sp³-hybridized carbons (Fsp3) is 0.562. The first-order valence-corrected chi connectivity index (χ1v) is 16.7. The third-order valence-electron chi connectivity index (χ3n) is 8.74. The highest BCUT2D eigenvalue weighted by molar-refractivity contribution is 7.89. The van der Waals surface area contributed by atoms with Crippen LogP contribution in [-0.2, 0) is 25.9 Å². The fourth-order valence-corrected chi connectivity index (χ4v) is 8.06. The van der Waals surface area contributed by atoms with Crippen LogP contribution in [0.4, 0.5) is 4.79 Å². The summed E-state index contributed by atoms with van der Waals surface area (Å²) in [4.78, 5) is 14.1. The van der Waals surface area contributed by atoms with Gasteiger partial charge in [0, 0.05) is 31.5 Å². The van der Waals surface area contributed by atoms with Gasteiger partial charge in [-0.1, -0.05) is 44.2 Å². The number of carbonyl (C=O) groups is 1. The molecular formula is C32H41N3O9S. The number of hydrogen-bond acceptors (Lipinski definition) is 9. The molecule has 0 radical (unpaired) electrons. The molecule has 5 atom stereocenters. The molecule has 1 amide bonds. The second-order valence-electron chi connectivity index (χ2n) is 12.5. The summed E-state index contributed by atoms with van der Waals surface area (Å²) in [6, 6.07) is 14.1. The molecule has 2 N–H and O–H groups in total. The van der Waals surface area contributed by atoms with Crippen molar-refractivity contribution in [1.82, 2.24) is 9.21 Å². The summed E-state index contributed by atoms with van der Waals surface area (Å²) in [6.45, 7) is 4.53. The molecule has 3 aliphatic heterocycles. The zero-order valence-corrected chi connectivity index (χ0v) is 26.4. The zero-order valence-electron chi connectivity index (χ0n) is 25.6. The predicted molar refractivity (Wildman–Crippen MR) is 162 cm³/mol. The summed E-state index contributed by atoms with van der Waals surface area (Å²) in [5.41, 5.74) is 0.160. The Bertz CT molecular complexity index is 1480. The Morgan fingerprint density at radius 1 is 1.09 bits per heavy atom. The van der Waals surface area contributed by atoms with Gasteiger partial charge in [0.05, 0.1) is 42.4 Å². The monoisotopic (exact) mass is 643 g/mol. The van der Waals surface area contributed by atoms with Gasteiger partial charge in [0.25, 0.3) is 0 Å². The predicted octanol–water partition coefficient (Wildman–Crippen LogP) is 3.49. The maximum absolute atomic E-state index is 14.3. The van der Waals surface area contributed by atoms with Crippen molar-refractivity contribution in [3.8, 4) is 17.6 Å². The number of ether oxygens (including phenoxy) is 4. The fourth-order valence-electron chi connectivity index (χ4n) is 6.40. The lowest BCUT2D eigenvalue weighted by Gasteiger charge is -2.40. The number of amides is 1. The van der Waals surface area contributed by atoms with Crippen LogP contribution in [0.15, 0.2) is 53.4 Å². The van der Waals surface area contributed by atoms with Crippen molar-refractivity contribution in [3.63, 3.8) is 0 Å². The number of nitrogens with zero attached hydrogens (tertiary/aromatic N) is 3. The molecule has 0 spiro atoms. The highest BCUT2D eigenvalue weighted by Crippen LogP contribution is 2.37. The summed E-state index contributed by atoms with van der Waals surface area (Å²) >= 11 is 0. The zero-order chi connectivity index (χ0) is 32.2. The largest absolute Gasteiger partial charge is 0.486 e. The third kappa shape index (κ3) is 7.53. The van der Waals surface area contributed by atoms with Crippen molar-refractivity contribution in [2.75, 3.05) is 39.5 Å². The molecule has 0 bridgehead atoms. The highest BCUT2D eigenvalue weighted by atomic mass is 32.2. The van der Waals surface area contributed by atoms with E-state index in [1.165, 1.54) is 21.3 Å². The van der Waals surface area contributed by atoms with Gasteiger partial charge >= 0.3 is 6.09 Å². The Labute approximate surface area is 264 Å². The van der Waals surface area contributed by atoms with Crippen LogP contribution in [0.5, 0.6) is 11.5 Å². The SMILES string of the molecule is CC(C)(CCC#N)CN(C[C@@H](O)[C@H](Cc1ccccc1)N(C(=O)O)[C@H]1CO[C@H]2OCC[C@H]21)S(=O)(=O)c1ccc2c(c1)OCCO2. The number of aliphatic hydroxyl groups excluding tert-OH is 1. The van der Waals surface area contributed by atoms with E-state index >= 15 is 0 Å². The van der Waals surface area contributed by atoms with Gasteiger partial charge in [-0.05, 0) is 42.4 Å². The van der Waals surface area contributed by atoms with Crippen molar-refractivity contribution < 1.29 is 42.4 Å². The van der Waals surface area contributed by atoms with E-state index in [1.807, 2.05) is 44.2 Å². The second kappa shape index (κ2) is 13.9. The molecule has 0 aliphatic carbocycles. The first-order chi connectivity index (χ1) is 21.5. The normalized spacial score (nSPS) is 22.4. The van der Waals surface area contributed by atoms with Crippen LogP contribution < -0.4 is 9.47 Å². The highest BCUT2D eigenvalue weighted by Gasteiger charge is 2.49. The molecule has 2 fully saturated rings. The lowest BCUT2D eigenvalue weighted by Crippen LogP contribution is -2.58. The van der Waals surface area contributed by atoms with Gasteiger partial charge in [-0.25, -0.2) is 13.2 Å². The Hall–Kier alpha value is -3.41. The smallest absolute Gasteiger partial charge is 0.407 e. The second-order valence-corrected chi connectivity index (χ2v) is 14.5. The molecule has 12 nitrogen and oxygen atoms in total. The number of nitriles is 1. The molecule has 3 heterocycles. The van der Waals surface area contributed by atoms with Crippen LogP contribution in [0.2, 0.25) is 0 Å². The molecule has 5 rings (SSSR count). The molecule has 244 valence electrons. The number of fused-ring (bicyclic) bond motifs is 2. The summed E-state index contributed by atoms with van der Waals surface area (Å²) < 4.78 is 52.4. The van der Waals surface area contributed by atoms with Crippen molar-refractivity contribution >= 4 is 16.1 Å². The number of hydrogen-bond donors (Lipinski definition) is 2. The summed E-state index contributed by atoms with van der Waals surface area (Å²) in [5.74, 6) is 0.545. The van der Waals surface area contributed by atoms with E-state index in [2.05, 4.69) is 6.07 Å². The van der Waals surface area contributed by atoms with E-state index in [4.69, 9.17) is 18.9 Å². The van der Waals surface area contributed by atoms with E-state index in [9.17, 15) is 28.7 Å². The maximum Gasteiger partial charge on any atom is 0.407 e. The standard InChI is InChI=1S/C32H41N3O9S/c1-32(2,12-6-13-33)21-34(45(39,40)23-9-10-28-29(18-23)42-16-15-41-28)19-27(36)25(17-22-7-4-3-5-8-22)35(31(37)38)26-20-44-30-24(26)11-14-43-30/h3-5,7-10,18,24-27,30,36H,6,11-12,14-17,19-21H2,1-2H3,(H,37,38)/t24-,25-,26-,27+,30+/m0/s1. The molecule has 2 saturated heterocycles. The van der Waals surface area contributed by atoms with Crippen molar-refractivity contribution in [3.05, 3.63) is 54.1 Å². The molecule has 2 aromatic carbocycles. The number of rotatable bonds is 13. The minimum absolute atomic E-state index is 0.0152. The first kappa shape index (κ1) is 33.0. The van der Waals surface area contributed by atoms with E-state index in [0.29, 0.717) is 37.6 Å². The van der Waals surface area contributed by atoms with Crippen molar-refractivity contribution in [2.45, 2.75) is 68.9 Å². The number of aliphatic hydroxyl groups is 1. The lowest BCUT2D eigenvalue weighted by molar-refractivity contribution is -0.0906. The third-order valence-corrected chi connectivity index (χ3v) is 10.5. The maximum atomic E-state index is 14.3. The number of sulfonamides is 1. The number of benzene rings is 2. The minimum Gasteiger partial charge on any atom is -0.486 e. The van der Waals surface area contributed by atoms with Gasteiger partial charge < -0.3 is 29.2 Å². The van der Waals surface area contributed by atoms with Gasteiger partial charge in [0.1, 0.15) is 13.2 Å². The summed E-state index contributed by atoms with van der Waals surface area (Å²) in [6.07, 6.45) is -1.75. The number of carboxylic acid groups (broad SMARTS) is 1. The van der Waals surface area contributed by atoms with Crippen LogP contribution in [0.1, 0.15) is 38.7 Å². The van der Waals surface area contributed by atoms with Crippen LogP contribution >= 0.6 is 0 Å². The van der Waals surface area contributed by atoms with Crippen molar-refractivity contribution in [2.24, 2.45) is 11.3 Å². The summed E-state index contributed by atoms with van der Waals surface area (Å²) in [5, 5.41) is 31.7. The van der Waals surface area contributed by atoms with Gasteiger partial charge in [-0.15, -0.1) is 0 Å². The molecule has 13 heteroatoms. The Balaban J connectivity index is 1.50. The van der Waals surface area contributed by atoms with Crippen LogP contribution in [0.25, 0.3) is 0 Å². The Kier molecular flexibility index (Phi) is 10.2. The molecule has 0 aromatic heterocycles. The van der Waals surface area contributed by atoms with Crippen LogP contribution in [-0.4, -0.2) is 97.9 Å². The average Bonchev–Trinajstić information content (AvgIpc) is 3.64. The van der Waals surface area contributed by atoms with E-state index in [0.717, 1.165) is 5.56 Å². The van der Waals surface area contributed by atoms with Crippen LogP contribution in [0, 0.1) is 22.7 Å². The first-order valence-electron chi connectivity index (χ1n) is 15.2. The van der Waals surface area contributed by atoms with Crippen LogP contribution in [0.3, 0.4) is 0 Å². The molecular weight excluding hydrogens is 602 g/mol. The Morgan fingerprint density at radius 2 is 1.82 bits per heavy atom. The molecule has 45 heavy (non-hydrogen) atoms. The minimum atomic E-state index is -4.23. The molecule has 0 unspecified atom stereocenters. The van der Waals surface area contributed by atoms with E-state index in [-0.39, 0.29) is 50.0 Å². The topological polar surface area (TPSA) is 159 Å². The molecule has 2 aromatic rings. The quantitative estimate of drug-likeness (QED) is 0.331. The Morgan fingerprint density at radius 3 is 2.53 bits per heavy atom. The van der Waals surface area contributed by atoms with Gasteiger partial charge in [-0.3, -0.25) is 4.90 Å². The molecule has 0 saturated carbocycles. The lowest BCUT2D eigenvalue weighted by atomic mass is 9.87. The summed E-state index contributed by atoms with van der Waals surface area (Å²) in [7, 11) is -4.23. The van der Waals surface area contributed by atoms with Gasteiger partial charge in [0.15, 0.2) is 17.8 Å². The average molecular weight is 644 g/mol. The van der Waals surface area contributed by atoms with Gasteiger partial charge in [-0.2, -0.15) is 9.57 Å². The van der Waals surface area contributed by atoms with Gasteiger partial charge in [0.2, 0.25) is 10.0 Å². The molecule has 3 aliphatic rings.